The van der Waals surface area contributed by atoms with Gasteiger partial charge in [-0.15, -0.1) is 0 Å². The number of benzene rings is 5. The van der Waals surface area contributed by atoms with E-state index in [0.717, 1.165) is 33.9 Å². The van der Waals surface area contributed by atoms with Crippen molar-refractivity contribution in [1.29, 1.82) is 0 Å². The number of aromatic nitrogens is 3. The summed E-state index contributed by atoms with van der Waals surface area (Å²) in [6.07, 6.45) is 1.54. The molecule has 7 heteroatoms. The number of nitrogens with zero attached hydrogens (tertiary/aromatic N) is 6. The maximum absolute atomic E-state index is 6.32. The van der Waals surface area contributed by atoms with Gasteiger partial charge in [-0.1, -0.05) is 97.1 Å². The van der Waals surface area contributed by atoms with E-state index in [2.05, 4.69) is 44.1 Å². The molecule has 0 radical (unpaired) electrons. The minimum Gasteiger partial charge on any atom is -0.457 e. The molecule has 1 aromatic heterocycles. The Labute approximate surface area is 244 Å². The molecule has 0 saturated heterocycles. The highest BCUT2D eigenvalue weighted by Gasteiger charge is 2.26. The highest BCUT2D eigenvalue weighted by atomic mass is 16.5. The molecule has 6 aromatic rings. The monoisotopic (exact) mass is 546 g/mol. The van der Waals surface area contributed by atoms with Crippen LogP contribution in [0.1, 0.15) is 5.56 Å². The van der Waals surface area contributed by atoms with Gasteiger partial charge in [-0.2, -0.15) is 5.10 Å². The first-order valence-electron chi connectivity index (χ1n) is 13.7. The standard InChI is InChI=1S/C35H26N6O/c1-4-12-26(13-5-1)33-36-24-37-34(38-33)28-16-10-20-31(22-28)42-32-21-11-19-30(23-32)41-25-40(29-17-8-3-9-18-29)35(39-41)27-14-6-2-7-15-27/h1-24H,25H2. The zero-order chi connectivity index (χ0) is 28.1. The molecule has 0 aliphatic carbocycles. The molecule has 5 aromatic carbocycles. The zero-order valence-corrected chi connectivity index (χ0v) is 22.7. The van der Waals surface area contributed by atoms with Gasteiger partial charge >= 0.3 is 0 Å². The van der Waals surface area contributed by atoms with Gasteiger partial charge in [0, 0.05) is 28.4 Å². The van der Waals surface area contributed by atoms with Crippen LogP contribution in [0, 0.1) is 0 Å². The van der Waals surface area contributed by atoms with E-state index in [1.165, 1.54) is 0 Å². The molecule has 42 heavy (non-hydrogen) atoms. The minimum absolute atomic E-state index is 0.580. The Kier molecular flexibility index (Phi) is 6.80. The second-order valence-electron chi connectivity index (χ2n) is 9.72. The predicted octanol–water partition coefficient (Wildman–Crippen LogP) is 7.64. The molecular weight excluding hydrogens is 520 g/mol. The van der Waals surface area contributed by atoms with Crippen LogP contribution >= 0.6 is 0 Å². The Hall–Kier alpha value is -5.82. The highest BCUT2D eigenvalue weighted by Crippen LogP contribution is 2.32. The lowest BCUT2D eigenvalue weighted by atomic mass is 10.2. The number of amidine groups is 1. The van der Waals surface area contributed by atoms with E-state index >= 15 is 0 Å². The molecule has 0 saturated carbocycles. The Morgan fingerprint density at radius 2 is 1.10 bits per heavy atom. The fraction of sp³-hybridized carbons (Fsp3) is 0.0286. The minimum atomic E-state index is 0.580. The van der Waals surface area contributed by atoms with Gasteiger partial charge in [0.1, 0.15) is 24.5 Å². The summed E-state index contributed by atoms with van der Waals surface area (Å²) >= 11 is 0. The summed E-state index contributed by atoms with van der Waals surface area (Å²) in [7, 11) is 0. The molecule has 0 atom stereocenters. The molecule has 0 bridgehead atoms. The Morgan fingerprint density at radius 1 is 0.524 bits per heavy atom. The third-order valence-electron chi connectivity index (χ3n) is 6.89. The number of anilines is 2. The zero-order valence-electron chi connectivity index (χ0n) is 22.7. The largest absolute Gasteiger partial charge is 0.457 e. The van der Waals surface area contributed by atoms with E-state index in [0.29, 0.717) is 29.8 Å². The van der Waals surface area contributed by atoms with Crippen molar-refractivity contribution in [3.05, 3.63) is 151 Å². The molecule has 2 heterocycles. The third-order valence-corrected chi connectivity index (χ3v) is 6.89. The van der Waals surface area contributed by atoms with Crippen molar-refractivity contribution in [2.24, 2.45) is 5.10 Å². The highest BCUT2D eigenvalue weighted by molar-refractivity contribution is 6.11. The van der Waals surface area contributed by atoms with Crippen molar-refractivity contribution >= 4 is 17.2 Å². The maximum Gasteiger partial charge on any atom is 0.163 e. The predicted molar refractivity (Wildman–Crippen MR) is 166 cm³/mol. The molecule has 0 amide bonds. The van der Waals surface area contributed by atoms with E-state index in [-0.39, 0.29) is 0 Å². The van der Waals surface area contributed by atoms with E-state index in [1.54, 1.807) is 6.33 Å². The fourth-order valence-electron chi connectivity index (χ4n) is 4.86. The van der Waals surface area contributed by atoms with Crippen LogP contribution in [0.3, 0.4) is 0 Å². The van der Waals surface area contributed by atoms with Crippen molar-refractivity contribution in [2.45, 2.75) is 0 Å². The molecule has 1 aliphatic rings. The number of para-hydroxylation sites is 1. The van der Waals surface area contributed by atoms with Gasteiger partial charge in [0.2, 0.25) is 0 Å². The molecule has 1 aliphatic heterocycles. The van der Waals surface area contributed by atoms with Crippen molar-refractivity contribution < 1.29 is 4.74 Å². The first-order chi connectivity index (χ1) is 20.8. The van der Waals surface area contributed by atoms with Crippen molar-refractivity contribution in [3.8, 4) is 34.3 Å². The van der Waals surface area contributed by atoms with Crippen LogP contribution in [0.15, 0.2) is 151 Å². The van der Waals surface area contributed by atoms with E-state index in [4.69, 9.17) is 9.84 Å². The summed E-state index contributed by atoms with van der Waals surface area (Å²) < 4.78 is 6.32. The van der Waals surface area contributed by atoms with Crippen LogP contribution in [0.2, 0.25) is 0 Å². The Morgan fingerprint density at radius 3 is 1.83 bits per heavy atom. The van der Waals surface area contributed by atoms with Crippen molar-refractivity contribution in [1.82, 2.24) is 15.0 Å². The lowest BCUT2D eigenvalue weighted by molar-refractivity contribution is 0.483. The smallest absolute Gasteiger partial charge is 0.163 e. The number of ether oxygens (including phenoxy) is 1. The van der Waals surface area contributed by atoms with Crippen LogP contribution in [0.25, 0.3) is 22.8 Å². The van der Waals surface area contributed by atoms with Gasteiger partial charge in [-0.3, -0.25) is 0 Å². The second kappa shape index (κ2) is 11.3. The van der Waals surface area contributed by atoms with Gasteiger partial charge in [0.15, 0.2) is 17.5 Å². The SMILES string of the molecule is c1ccc(C2=NN(c3cccc(Oc4cccc(-c5ncnc(-c6ccccc6)n5)c4)c3)CN2c2ccccc2)cc1. The van der Waals surface area contributed by atoms with Crippen LogP contribution in [-0.4, -0.2) is 27.5 Å². The van der Waals surface area contributed by atoms with Crippen LogP contribution in [0.4, 0.5) is 11.4 Å². The summed E-state index contributed by atoms with van der Waals surface area (Å²) in [4.78, 5) is 15.7. The molecule has 7 nitrogen and oxygen atoms in total. The van der Waals surface area contributed by atoms with Crippen LogP contribution in [0.5, 0.6) is 11.5 Å². The van der Waals surface area contributed by atoms with Gasteiger partial charge in [0.05, 0.1) is 5.69 Å². The van der Waals surface area contributed by atoms with E-state index < -0.39 is 0 Å². The molecular formula is C35H26N6O. The van der Waals surface area contributed by atoms with Gasteiger partial charge < -0.3 is 9.64 Å². The number of rotatable bonds is 7. The average molecular weight is 547 g/mol. The summed E-state index contributed by atoms with van der Waals surface area (Å²) in [5.41, 5.74) is 4.86. The van der Waals surface area contributed by atoms with Gasteiger partial charge in [-0.25, -0.2) is 20.0 Å². The third kappa shape index (κ3) is 5.31. The summed E-state index contributed by atoms with van der Waals surface area (Å²) in [5.74, 6) is 3.51. The first-order valence-corrected chi connectivity index (χ1v) is 13.7. The normalized spacial score (nSPS) is 12.7. The van der Waals surface area contributed by atoms with Crippen molar-refractivity contribution in [3.63, 3.8) is 0 Å². The lowest BCUT2D eigenvalue weighted by Gasteiger charge is -2.22. The number of hydrogen-bond acceptors (Lipinski definition) is 7. The summed E-state index contributed by atoms with van der Waals surface area (Å²) in [6, 6.07) is 46.2. The lowest BCUT2D eigenvalue weighted by Crippen LogP contribution is -2.31. The van der Waals surface area contributed by atoms with Crippen molar-refractivity contribution in [2.75, 3.05) is 16.6 Å². The topological polar surface area (TPSA) is 66.7 Å². The summed E-state index contributed by atoms with van der Waals surface area (Å²) in [5, 5.41) is 7.01. The molecule has 0 spiro atoms. The van der Waals surface area contributed by atoms with Crippen LogP contribution < -0.4 is 14.6 Å². The maximum atomic E-state index is 6.32. The van der Waals surface area contributed by atoms with Gasteiger partial charge in [-0.05, 0) is 36.4 Å². The number of hydrogen-bond donors (Lipinski definition) is 0. The molecule has 0 unspecified atom stereocenters. The fourth-order valence-corrected chi connectivity index (χ4v) is 4.86. The Bertz CT molecular complexity index is 1840. The van der Waals surface area contributed by atoms with E-state index in [1.807, 2.05) is 120 Å². The molecule has 0 N–H and O–H groups in total. The second-order valence-corrected chi connectivity index (χ2v) is 9.72. The average Bonchev–Trinajstić information content (AvgIpc) is 3.52. The first kappa shape index (κ1) is 25.2. The Balaban J connectivity index is 1.15. The quantitative estimate of drug-likeness (QED) is 0.205. The van der Waals surface area contributed by atoms with E-state index in [9.17, 15) is 0 Å². The number of hydrazone groups is 1. The summed E-state index contributed by atoms with van der Waals surface area (Å²) in [6.45, 7) is 0.580. The molecule has 0 fully saturated rings. The molecule has 202 valence electrons. The van der Waals surface area contributed by atoms with Gasteiger partial charge in [0.25, 0.3) is 0 Å². The molecule has 7 rings (SSSR count). The van der Waals surface area contributed by atoms with Crippen LogP contribution in [-0.2, 0) is 0 Å².